The second-order valence-electron chi connectivity index (χ2n) is 3.38. The molecule has 17 heavy (non-hydrogen) atoms. The van der Waals surface area contributed by atoms with E-state index >= 15 is 0 Å². The van der Waals surface area contributed by atoms with Gasteiger partial charge in [-0.25, -0.2) is 4.39 Å². The summed E-state index contributed by atoms with van der Waals surface area (Å²) in [5.41, 5.74) is 0.155. The molecule has 0 aliphatic heterocycles. The van der Waals surface area contributed by atoms with E-state index in [1.54, 1.807) is 0 Å². The van der Waals surface area contributed by atoms with E-state index in [0.717, 1.165) is 6.07 Å². The van der Waals surface area contributed by atoms with E-state index in [0.29, 0.717) is 6.42 Å². The second-order valence-corrected chi connectivity index (χ2v) is 3.79. The molecular weight excluding hydrogens is 249 g/mol. The van der Waals surface area contributed by atoms with Crippen LogP contribution >= 0.6 is 11.6 Å². The maximum Gasteiger partial charge on any atom is 0.303 e. The van der Waals surface area contributed by atoms with Crippen LogP contribution in [0.3, 0.4) is 0 Å². The van der Waals surface area contributed by atoms with Gasteiger partial charge in [0.2, 0.25) is 0 Å². The molecule has 92 valence electrons. The standard InChI is InChI=1S/C11H11ClFNO3/c12-8-4-3-7(6-9(8)13)11(17)14-5-1-2-10(15)16/h3-4,6H,1-2,5H2,(H,14,17)(H,15,16). The summed E-state index contributed by atoms with van der Waals surface area (Å²) in [6.45, 7) is 0.232. The topological polar surface area (TPSA) is 66.4 Å². The lowest BCUT2D eigenvalue weighted by atomic mass is 10.2. The Bertz CT molecular complexity index is 437. The van der Waals surface area contributed by atoms with Gasteiger partial charge in [0.25, 0.3) is 5.91 Å². The fourth-order valence-corrected chi connectivity index (χ4v) is 1.30. The second kappa shape index (κ2) is 6.20. The first-order valence-electron chi connectivity index (χ1n) is 4.95. The van der Waals surface area contributed by atoms with Crippen LogP contribution in [0.15, 0.2) is 18.2 Å². The normalized spacial score (nSPS) is 10.0. The van der Waals surface area contributed by atoms with E-state index in [1.165, 1.54) is 12.1 Å². The van der Waals surface area contributed by atoms with E-state index in [1.807, 2.05) is 0 Å². The number of hydrogen-bond acceptors (Lipinski definition) is 2. The Kier molecular flexibility index (Phi) is 4.90. The highest BCUT2D eigenvalue weighted by atomic mass is 35.5. The predicted molar refractivity (Wildman–Crippen MR) is 60.6 cm³/mol. The van der Waals surface area contributed by atoms with Crippen molar-refractivity contribution in [1.29, 1.82) is 0 Å². The van der Waals surface area contributed by atoms with Crippen molar-refractivity contribution in [3.05, 3.63) is 34.6 Å². The zero-order valence-electron chi connectivity index (χ0n) is 8.87. The van der Waals surface area contributed by atoms with Crippen molar-refractivity contribution in [3.63, 3.8) is 0 Å². The number of nitrogens with one attached hydrogen (secondary N) is 1. The Balaban J connectivity index is 2.47. The monoisotopic (exact) mass is 259 g/mol. The largest absolute Gasteiger partial charge is 0.481 e. The molecule has 4 nitrogen and oxygen atoms in total. The number of aliphatic carboxylic acids is 1. The lowest BCUT2D eigenvalue weighted by Gasteiger charge is -2.04. The Morgan fingerprint density at radius 3 is 2.71 bits per heavy atom. The Labute approximate surface area is 102 Å². The fraction of sp³-hybridized carbons (Fsp3) is 0.273. The molecule has 0 aliphatic carbocycles. The number of hydrogen-bond donors (Lipinski definition) is 2. The van der Waals surface area contributed by atoms with Gasteiger partial charge in [0.1, 0.15) is 5.82 Å². The highest BCUT2D eigenvalue weighted by Gasteiger charge is 2.08. The van der Waals surface area contributed by atoms with Crippen LogP contribution < -0.4 is 5.32 Å². The number of halogens is 2. The Morgan fingerprint density at radius 1 is 1.41 bits per heavy atom. The minimum Gasteiger partial charge on any atom is -0.481 e. The molecule has 0 radical (unpaired) electrons. The molecule has 1 amide bonds. The summed E-state index contributed by atoms with van der Waals surface area (Å²) in [6, 6.07) is 3.73. The molecular formula is C11H11ClFNO3. The molecule has 0 aromatic heterocycles. The van der Waals surface area contributed by atoms with E-state index in [2.05, 4.69) is 5.32 Å². The zero-order valence-corrected chi connectivity index (χ0v) is 9.63. The van der Waals surface area contributed by atoms with E-state index < -0.39 is 17.7 Å². The highest BCUT2D eigenvalue weighted by molar-refractivity contribution is 6.30. The van der Waals surface area contributed by atoms with Gasteiger partial charge in [-0.15, -0.1) is 0 Å². The summed E-state index contributed by atoms with van der Waals surface area (Å²) in [7, 11) is 0. The molecule has 0 fully saturated rings. The number of amides is 1. The van der Waals surface area contributed by atoms with Gasteiger partial charge in [0.05, 0.1) is 5.02 Å². The van der Waals surface area contributed by atoms with Gasteiger partial charge in [-0.2, -0.15) is 0 Å². The van der Waals surface area contributed by atoms with Crippen LogP contribution in [-0.4, -0.2) is 23.5 Å². The third-order valence-corrected chi connectivity index (χ3v) is 2.34. The van der Waals surface area contributed by atoms with Crippen LogP contribution in [0.1, 0.15) is 23.2 Å². The van der Waals surface area contributed by atoms with Crippen molar-refractivity contribution in [2.75, 3.05) is 6.54 Å². The Morgan fingerprint density at radius 2 is 2.12 bits per heavy atom. The highest BCUT2D eigenvalue weighted by Crippen LogP contribution is 2.15. The van der Waals surface area contributed by atoms with E-state index in [9.17, 15) is 14.0 Å². The first kappa shape index (κ1) is 13.4. The average Bonchev–Trinajstić information content (AvgIpc) is 2.27. The van der Waals surface area contributed by atoms with Gasteiger partial charge in [0.15, 0.2) is 0 Å². The van der Waals surface area contributed by atoms with Gasteiger partial charge in [-0.05, 0) is 24.6 Å². The van der Waals surface area contributed by atoms with E-state index in [4.69, 9.17) is 16.7 Å². The van der Waals surface area contributed by atoms with Gasteiger partial charge < -0.3 is 10.4 Å². The molecule has 1 rings (SSSR count). The molecule has 0 bridgehead atoms. The van der Waals surface area contributed by atoms with Crippen LogP contribution in [0.5, 0.6) is 0 Å². The zero-order chi connectivity index (χ0) is 12.8. The molecule has 0 aliphatic rings. The lowest BCUT2D eigenvalue weighted by Crippen LogP contribution is -2.24. The molecule has 0 saturated heterocycles. The molecule has 0 atom stereocenters. The maximum atomic E-state index is 13.0. The third kappa shape index (κ3) is 4.40. The SMILES string of the molecule is O=C(O)CCCNC(=O)c1ccc(Cl)c(F)c1. The van der Waals surface area contributed by atoms with Crippen molar-refractivity contribution in [2.24, 2.45) is 0 Å². The summed E-state index contributed by atoms with van der Waals surface area (Å²) in [4.78, 5) is 21.7. The van der Waals surface area contributed by atoms with Crippen molar-refractivity contribution in [2.45, 2.75) is 12.8 Å². The summed E-state index contributed by atoms with van der Waals surface area (Å²) in [5, 5.41) is 10.8. The minimum absolute atomic E-state index is 0.0186. The molecule has 0 heterocycles. The lowest BCUT2D eigenvalue weighted by molar-refractivity contribution is -0.137. The summed E-state index contributed by atoms with van der Waals surface area (Å²) >= 11 is 5.47. The predicted octanol–water partition coefficient (Wildman–Crippen LogP) is 2.07. The quantitative estimate of drug-likeness (QED) is 0.796. The van der Waals surface area contributed by atoms with Crippen LogP contribution in [-0.2, 0) is 4.79 Å². The molecule has 6 heteroatoms. The van der Waals surface area contributed by atoms with Crippen LogP contribution in [0, 0.1) is 5.82 Å². The molecule has 0 unspecified atom stereocenters. The number of benzene rings is 1. The van der Waals surface area contributed by atoms with Gasteiger partial charge in [-0.3, -0.25) is 9.59 Å². The number of carboxylic acid groups (broad SMARTS) is 1. The van der Waals surface area contributed by atoms with Crippen LogP contribution in [0.2, 0.25) is 5.02 Å². The van der Waals surface area contributed by atoms with Crippen molar-refractivity contribution in [3.8, 4) is 0 Å². The van der Waals surface area contributed by atoms with Crippen molar-refractivity contribution >= 4 is 23.5 Å². The molecule has 1 aromatic rings. The molecule has 0 saturated carbocycles. The number of rotatable bonds is 5. The summed E-state index contributed by atoms with van der Waals surface area (Å²) in [5.74, 6) is -2.03. The van der Waals surface area contributed by atoms with Gasteiger partial charge in [0, 0.05) is 18.5 Å². The Hall–Kier alpha value is -1.62. The smallest absolute Gasteiger partial charge is 0.303 e. The number of carbonyl (C=O) groups is 2. The molecule has 0 spiro atoms. The molecule has 2 N–H and O–H groups in total. The minimum atomic E-state index is -0.920. The number of carbonyl (C=O) groups excluding carboxylic acids is 1. The van der Waals surface area contributed by atoms with Crippen LogP contribution in [0.25, 0.3) is 0 Å². The maximum absolute atomic E-state index is 13.0. The average molecular weight is 260 g/mol. The first-order valence-corrected chi connectivity index (χ1v) is 5.33. The van der Waals surface area contributed by atoms with Gasteiger partial charge >= 0.3 is 5.97 Å². The van der Waals surface area contributed by atoms with E-state index in [-0.39, 0.29) is 23.6 Å². The summed E-state index contributed by atoms with van der Waals surface area (Å²) < 4.78 is 13.0. The van der Waals surface area contributed by atoms with Crippen LogP contribution in [0.4, 0.5) is 4.39 Å². The van der Waals surface area contributed by atoms with Gasteiger partial charge in [-0.1, -0.05) is 11.6 Å². The van der Waals surface area contributed by atoms with Crippen molar-refractivity contribution < 1.29 is 19.1 Å². The third-order valence-electron chi connectivity index (χ3n) is 2.03. The fourth-order valence-electron chi connectivity index (χ4n) is 1.18. The first-order chi connectivity index (χ1) is 8.00. The summed E-state index contributed by atoms with van der Waals surface area (Å²) in [6.07, 6.45) is 0.312. The van der Waals surface area contributed by atoms with Crippen molar-refractivity contribution in [1.82, 2.24) is 5.32 Å². The molecule has 1 aromatic carbocycles. The number of carboxylic acids is 1.